The summed E-state index contributed by atoms with van der Waals surface area (Å²) in [6.45, 7) is 1.91. The maximum absolute atomic E-state index is 9.40. The van der Waals surface area contributed by atoms with Gasteiger partial charge in [-0.3, -0.25) is 4.90 Å². The molecule has 7 heteroatoms. The van der Waals surface area contributed by atoms with E-state index in [1.807, 2.05) is 12.1 Å². The van der Waals surface area contributed by atoms with E-state index in [0.717, 1.165) is 49.4 Å². The molecule has 0 amide bonds. The number of fused-ring (bicyclic) bond motifs is 1. The summed E-state index contributed by atoms with van der Waals surface area (Å²) in [7, 11) is 8.18. The van der Waals surface area contributed by atoms with Gasteiger partial charge < -0.3 is 28.8 Å². The van der Waals surface area contributed by atoms with Crippen LogP contribution in [0.25, 0.3) is 0 Å². The third-order valence-corrected chi connectivity index (χ3v) is 5.87. The van der Waals surface area contributed by atoms with Crippen LogP contribution < -0.4 is 23.7 Å². The highest BCUT2D eigenvalue weighted by molar-refractivity contribution is 5.55. The molecule has 7 nitrogen and oxygen atoms in total. The van der Waals surface area contributed by atoms with Crippen molar-refractivity contribution in [2.45, 2.75) is 25.3 Å². The number of benzene rings is 2. The van der Waals surface area contributed by atoms with Gasteiger partial charge in [-0.25, -0.2) is 0 Å². The third kappa shape index (κ3) is 4.83. The molecule has 2 aromatic rings. The maximum atomic E-state index is 9.40. The Labute approximate surface area is 184 Å². The van der Waals surface area contributed by atoms with Crippen molar-refractivity contribution in [3.8, 4) is 28.7 Å². The van der Waals surface area contributed by atoms with Gasteiger partial charge in [0.1, 0.15) is 0 Å². The molecule has 0 bridgehead atoms. The van der Waals surface area contributed by atoms with Crippen LogP contribution in [-0.2, 0) is 12.8 Å². The summed E-state index contributed by atoms with van der Waals surface area (Å²) < 4.78 is 27.7. The van der Waals surface area contributed by atoms with Crippen LogP contribution in [0.1, 0.15) is 29.2 Å². The number of aliphatic hydroxyl groups is 1. The molecule has 3 rings (SSSR count). The Balaban J connectivity index is 2.04. The van der Waals surface area contributed by atoms with Gasteiger partial charge in [0.05, 0.1) is 35.5 Å². The standard InChI is InChI=1S/C24H33NO6/c1-27-20-14-17-7-9-25(8-6-10-26)19(18(17)15-21(20)28-2)11-16-12-22(29-3)24(31-5)23(13-16)30-4/h12-15,19,26H,6-11H2,1-5H3/t19-/m1/s1. The summed E-state index contributed by atoms with van der Waals surface area (Å²) in [4.78, 5) is 2.42. The summed E-state index contributed by atoms with van der Waals surface area (Å²) in [6.07, 6.45) is 2.41. The minimum atomic E-state index is 0.123. The van der Waals surface area contributed by atoms with Gasteiger partial charge in [-0.2, -0.15) is 0 Å². The van der Waals surface area contributed by atoms with Crippen molar-refractivity contribution < 1.29 is 28.8 Å². The summed E-state index contributed by atoms with van der Waals surface area (Å²) in [5.41, 5.74) is 3.56. The molecular weight excluding hydrogens is 398 g/mol. The molecule has 0 saturated heterocycles. The predicted molar refractivity (Wildman–Crippen MR) is 119 cm³/mol. The maximum Gasteiger partial charge on any atom is 0.203 e. The fourth-order valence-electron chi connectivity index (χ4n) is 4.34. The average Bonchev–Trinajstić information content (AvgIpc) is 2.81. The number of hydrogen-bond acceptors (Lipinski definition) is 7. The summed E-state index contributed by atoms with van der Waals surface area (Å²) >= 11 is 0. The number of rotatable bonds is 10. The largest absolute Gasteiger partial charge is 0.493 e. The van der Waals surface area contributed by atoms with Crippen LogP contribution in [0.2, 0.25) is 0 Å². The topological polar surface area (TPSA) is 69.6 Å². The molecule has 0 fully saturated rings. The Morgan fingerprint density at radius 2 is 1.45 bits per heavy atom. The van der Waals surface area contributed by atoms with Gasteiger partial charge in [0.25, 0.3) is 0 Å². The molecule has 170 valence electrons. The van der Waals surface area contributed by atoms with Crippen LogP contribution in [0.5, 0.6) is 28.7 Å². The molecule has 1 N–H and O–H groups in total. The van der Waals surface area contributed by atoms with Crippen LogP contribution in [-0.4, -0.2) is 65.3 Å². The van der Waals surface area contributed by atoms with Gasteiger partial charge in [0.15, 0.2) is 23.0 Å². The number of methoxy groups -OCH3 is 5. The molecule has 0 unspecified atom stereocenters. The zero-order valence-electron chi connectivity index (χ0n) is 19.1. The second-order valence-electron chi connectivity index (χ2n) is 7.52. The first-order valence-electron chi connectivity index (χ1n) is 10.5. The number of nitrogens with zero attached hydrogens (tertiary/aromatic N) is 1. The summed E-state index contributed by atoms with van der Waals surface area (Å²) in [5, 5.41) is 9.40. The van der Waals surface area contributed by atoms with E-state index in [9.17, 15) is 5.11 Å². The van der Waals surface area contributed by atoms with Crippen LogP contribution in [0.15, 0.2) is 24.3 Å². The molecule has 31 heavy (non-hydrogen) atoms. The van der Waals surface area contributed by atoms with Crippen molar-refractivity contribution in [3.05, 3.63) is 41.0 Å². The van der Waals surface area contributed by atoms with E-state index < -0.39 is 0 Å². The van der Waals surface area contributed by atoms with Crippen LogP contribution in [0.3, 0.4) is 0 Å². The van der Waals surface area contributed by atoms with Gasteiger partial charge >= 0.3 is 0 Å². The Hall–Kier alpha value is -2.64. The lowest BCUT2D eigenvalue weighted by Crippen LogP contribution is -2.37. The molecule has 1 heterocycles. The Morgan fingerprint density at radius 3 is 2.00 bits per heavy atom. The van der Waals surface area contributed by atoms with Crippen LogP contribution in [0, 0.1) is 0 Å². The van der Waals surface area contributed by atoms with Crippen molar-refractivity contribution in [1.82, 2.24) is 4.90 Å². The first kappa shape index (κ1) is 23.0. The van der Waals surface area contributed by atoms with Gasteiger partial charge in [0, 0.05) is 25.7 Å². The van der Waals surface area contributed by atoms with E-state index >= 15 is 0 Å². The molecule has 1 aliphatic rings. The highest BCUT2D eigenvalue weighted by Crippen LogP contribution is 2.42. The van der Waals surface area contributed by atoms with Gasteiger partial charge in [-0.15, -0.1) is 0 Å². The first-order valence-corrected chi connectivity index (χ1v) is 10.5. The number of ether oxygens (including phenoxy) is 5. The smallest absolute Gasteiger partial charge is 0.203 e. The molecule has 0 spiro atoms. The monoisotopic (exact) mass is 431 g/mol. The third-order valence-electron chi connectivity index (χ3n) is 5.87. The van der Waals surface area contributed by atoms with Gasteiger partial charge in [0.2, 0.25) is 5.75 Å². The molecule has 0 aliphatic carbocycles. The molecule has 0 saturated carbocycles. The van der Waals surface area contributed by atoms with Gasteiger partial charge in [-0.05, 0) is 60.2 Å². The Bertz CT molecular complexity index is 860. The average molecular weight is 432 g/mol. The highest BCUT2D eigenvalue weighted by atomic mass is 16.5. The fourth-order valence-corrected chi connectivity index (χ4v) is 4.34. The number of aliphatic hydroxyl groups excluding tert-OH is 1. The zero-order valence-corrected chi connectivity index (χ0v) is 19.1. The van der Waals surface area contributed by atoms with E-state index in [-0.39, 0.29) is 12.6 Å². The Kier molecular flexibility index (Phi) is 7.87. The van der Waals surface area contributed by atoms with Gasteiger partial charge in [-0.1, -0.05) is 0 Å². The molecule has 0 aromatic heterocycles. The predicted octanol–water partition coefficient (Wildman–Crippen LogP) is 3.25. The van der Waals surface area contributed by atoms with Crippen molar-refractivity contribution in [2.24, 2.45) is 0 Å². The first-order chi connectivity index (χ1) is 15.1. The minimum absolute atomic E-state index is 0.123. The fraction of sp³-hybridized carbons (Fsp3) is 0.500. The van der Waals surface area contributed by atoms with E-state index in [1.165, 1.54) is 11.1 Å². The lowest BCUT2D eigenvalue weighted by atomic mass is 9.88. The molecular formula is C24H33NO6. The molecule has 2 aromatic carbocycles. The number of hydrogen-bond donors (Lipinski definition) is 1. The molecule has 1 atom stereocenters. The van der Waals surface area contributed by atoms with Crippen molar-refractivity contribution in [3.63, 3.8) is 0 Å². The zero-order chi connectivity index (χ0) is 22.4. The molecule has 0 radical (unpaired) electrons. The van der Waals surface area contributed by atoms with E-state index in [0.29, 0.717) is 17.2 Å². The summed E-state index contributed by atoms with van der Waals surface area (Å²) in [6, 6.07) is 8.29. The minimum Gasteiger partial charge on any atom is -0.493 e. The van der Waals surface area contributed by atoms with Crippen molar-refractivity contribution >= 4 is 0 Å². The second-order valence-corrected chi connectivity index (χ2v) is 7.52. The van der Waals surface area contributed by atoms with E-state index in [1.54, 1.807) is 35.5 Å². The Morgan fingerprint density at radius 1 is 0.839 bits per heavy atom. The lowest BCUT2D eigenvalue weighted by Gasteiger charge is -2.38. The highest BCUT2D eigenvalue weighted by Gasteiger charge is 2.29. The van der Waals surface area contributed by atoms with Crippen molar-refractivity contribution in [1.29, 1.82) is 0 Å². The van der Waals surface area contributed by atoms with E-state index in [2.05, 4.69) is 17.0 Å². The van der Waals surface area contributed by atoms with Crippen molar-refractivity contribution in [2.75, 3.05) is 55.2 Å². The van der Waals surface area contributed by atoms with Crippen LogP contribution in [0.4, 0.5) is 0 Å². The molecule has 1 aliphatic heterocycles. The normalized spacial score (nSPS) is 15.9. The quantitative estimate of drug-likeness (QED) is 0.619. The SMILES string of the molecule is COc1cc2c(cc1OC)[C@@H](Cc1cc(OC)c(OC)c(OC)c1)N(CCCO)CC2. The van der Waals surface area contributed by atoms with E-state index in [4.69, 9.17) is 23.7 Å². The second kappa shape index (κ2) is 10.6. The van der Waals surface area contributed by atoms with Crippen LogP contribution >= 0.6 is 0 Å². The summed E-state index contributed by atoms with van der Waals surface area (Å²) in [5.74, 6) is 3.34. The lowest BCUT2D eigenvalue weighted by molar-refractivity contribution is 0.162.